The van der Waals surface area contributed by atoms with Crippen molar-refractivity contribution >= 4 is 0 Å². The Morgan fingerprint density at radius 2 is 1.74 bits per heavy atom. The summed E-state index contributed by atoms with van der Waals surface area (Å²) in [6.45, 7) is 4.14. The highest BCUT2D eigenvalue weighted by atomic mass is 16.3. The van der Waals surface area contributed by atoms with Crippen molar-refractivity contribution < 1.29 is 5.11 Å². The first-order valence-electron chi connectivity index (χ1n) is 7.01. The number of benzene rings is 2. The molecule has 1 heteroatoms. The standard InChI is InChI=1S/C18H20O/c1-12-7-8-13(2)17(11-12)18(19)16-6-4-3-5-15(16)14-9-10-14/h3-8,11,14,18-19H,9-10H2,1-2H3. The van der Waals surface area contributed by atoms with E-state index in [1.807, 2.05) is 6.07 Å². The predicted octanol–water partition coefficient (Wildman–Crippen LogP) is 4.26. The molecule has 0 bridgehead atoms. The van der Waals surface area contributed by atoms with Crippen molar-refractivity contribution in [2.45, 2.75) is 38.7 Å². The van der Waals surface area contributed by atoms with Crippen molar-refractivity contribution in [3.63, 3.8) is 0 Å². The molecule has 0 amide bonds. The number of hydrogen-bond donors (Lipinski definition) is 1. The second-order valence-corrected chi connectivity index (χ2v) is 5.67. The Bertz CT molecular complexity index is 596. The van der Waals surface area contributed by atoms with Gasteiger partial charge in [0, 0.05) is 0 Å². The van der Waals surface area contributed by atoms with Crippen molar-refractivity contribution in [2.24, 2.45) is 0 Å². The molecular formula is C18H20O. The zero-order valence-electron chi connectivity index (χ0n) is 11.6. The van der Waals surface area contributed by atoms with Gasteiger partial charge in [-0.3, -0.25) is 0 Å². The Morgan fingerprint density at radius 3 is 2.47 bits per heavy atom. The van der Waals surface area contributed by atoms with Crippen molar-refractivity contribution in [3.8, 4) is 0 Å². The maximum atomic E-state index is 10.8. The average Bonchev–Trinajstić information content (AvgIpc) is 3.25. The minimum atomic E-state index is -0.503. The number of aliphatic hydroxyl groups excluding tert-OH is 1. The first kappa shape index (κ1) is 12.4. The van der Waals surface area contributed by atoms with Gasteiger partial charge in [0.2, 0.25) is 0 Å². The van der Waals surface area contributed by atoms with E-state index >= 15 is 0 Å². The molecule has 98 valence electrons. The lowest BCUT2D eigenvalue weighted by atomic mass is 9.91. The number of aryl methyl sites for hydroxylation is 2. The summed E-state index contributed by atoms with van der Waals surface area (Å²) in [5, 5.41) is 10.8. The van der Waals surface area contributed by atoms with Crippen LogP contribution in [0.3, 0.4) is 0 Å². The summed E-state index contributed by atoms with van der Waals surface area (Å²) in [4.78, 5) is 0. The van der Waals surface area contributed by atoms with Crippen LogP contribution in [0.4, 0.5) is 0 Å². The normalized spacial score (nSPS) is 16.4. The molecule has 0 spiro atoms. The summed E-state index contributed by atoms with van der Waals surface area (Å²) < 4.78 is 0. The largest absolute Gasteiger partial charge is 0.384 e. The van der Waals surface area contributed by atoms with E-state index < -0.39 is 6.10 Å². The summed E-state index contributed by atoms with van der Waals surface area (Å²) in [5.74, 6) is 0.663. The molecular weight excluding hydrogens is 232 g/mol. The lowest BCUT2D eigenvalue weighted by Gasteiger charge is -2.18. The second kappa shape index (κ2) is 4.82. The van der Waals surface area contributed by atoms with Crippen LogP contribution in [0.2, 0.25) is 0 Å². The van der Waals surface area contributed by atoms with E-state index in [9.17, 15) is 5.11 Å². The van der Waals surface area contributed by atoms with Gasteiger partial charge in [-0.1, -0.05) is 48.0 Å². The van der Waals surface area contributed by atoms with Crippen molar-refractivity contribution in [3.05, 3.63) is 70.3 Å². The van der Waals surface area contributed by atoms with Crippen LogP contribution in [0.15, 0.2) is 42.5 Å². The molecule has 1 N–H and O–H groups in total. The fraction of sp³-hybridized carbons (Fsp3) is 0.333. The van der Waals surface area contributed by atoms with E-state index in [4.69, 9.17) is 0 Å². The lowest BCUT2D eigenvalue weighted by Crippen LogP contribution is -2.05. The molecule has 0 saturated heterocycles. The fourth-order valence-electron chi connectivity index (χ4n) is 2.75. The first-order valence-corrected chi connectivity index (χ1v) is 7.01. The van der Waals surface area contributed by atoms with Gasteiger partial charge in [-0.05, 0) is 54.9 Å². The molecule has 1 aliphatic carbocycles. The highest BCUT2D eigenvalue weighted by Crippen LogP contribution is 2.44. The zero-order chi connectivity index (χ0) is 13.4. The fourth-order valence-corrected chi connectivity index (χ4v) is 2.75. The number of aliphatic hydroxyl groups is 1. The minimum absolute atomic E-state index is 0.503. The van der Waals surface area contributed by atoms with Gasteiger partial charge in [0.15, 0.2) is 0 Å². The molecule has 1 saturated carbocycles. The molecule has 19 heavy (non-hydrogen) atoms. The summed E-state index contributed by atoms with van der Waals surface area (Å²) in [6, 6.07) is 14.6. The Morgan fingerprint density at radius 1 is 1.00 bits per heavy atom. The summed E-state index contributed by atoms with van der Waals surface area (Å²) in [6.07, 6.45) is 2.02. The van der Waals surface area contributed by atoms with Crippen molar-refractivity contribution in [2.75, 3.05) is 0 Å². The van der Waals surface area contributed by atoms with Crippen LogP contribution in [0.5, 0.6) is 0 Å². The number of hydrogen-bond acceptors (Lipinski definition) is 1. The third-order valence-electron chi connectivity index (χ3n) is 4.04. The van der Waals surface area contributed by atoms with Gasteiger partial charge in [-0.25, -0.2) is 0 Å². The molecule has 1 aliphatic rings. The van der Waals surface area contributed by atoms with Crippen molar-refractivity contribution in [1.82, 2.24) is 0 Å². The minimum Gasteiger partial charge on any atom is -0.384 e. The average molecular weight is 252 g/mol. The lowest BCUT2D eigenvalue weighted by molar-refractivity contribution is 0.218. The van der Waals surface area contributed by atoms with Gasteiger partial charge >= 0.3 is 0 Å². The maximum Gasteiger partial charge on any atom is 0.105 e. The monoisotopic (exact) mass is 252 g/mol. The van der Waals surface area contributed by atoms with Crippen LogP contribution < -0.4 is 0 Å². The van der Waals surface area contributed by atoms with Crippen LogP contribution >= 0.6 is 0 Å². The van der Waals surface area contributed by atoms with Crippen LogP contribution in [0.25, 0.3) is 0 Å². The maximum absolute atomic E-state index is 10.8. The van der Waals surface area contributed by atoms with Crippen LogP contribution in [-0.4, -0.2) is 5.11 Å². The van der Waals surface area contributed by atoms with Crippen LogP contribution in [0, 0.1) is 13.8 Å². The summed E-state index contributed by atoms with van der Waals surface area (Å²) >= 11 is 0. The quantitative estimate of drug-likeness (QED) is 0.865. The molecule has 2 aromatic rings. The van der Waals surface area contributed by atoms with E-state index in [1.165, 1.54) is 24.0 Å². The SMILES string of the molecule is Cc1ccc(C)c(C(O)c2ccccc2C2CC2)c1. The first-order chi connectivity index (χ1) is 9.16. The highest BCUT2D eigenvalue weighted by Gasteiger charge is 2.28. The molecule has 1 fully saturated rings. The van der Waals surface area contributed by atoms with E-state index in [0.717, 1.165) is 16.7 Å². The van der Waals surface area contributed by atoms with E-state index in [-0.39, 0.29) is 0 Å². The number of rotatable bonds is 3. The Hall–Kier alpha value is -1.60. The van der Waals surface area contributed by atoms with Crippen LogP contribution in [0.1, 0.15) is 52.7 Å². The third-order valence-corrected chi connectivity index (χ3v) is 4.04. The van der Waals surface area contributed by atoms with Gasteiger partial charge in [0.05, 0.1) is 0 Å². The van der Waals surface area contributed by atoms with E-state index in [1.54, 1.807) is 0 Å². The van der Waals surface area contributed by atoms with E-state index in [2.05, 4.69) is 50.2 Å². The highest BCUT2D eigenvalue weighted by molar-refractivity contribution is 5.43. The van der Waals surface area contributed by atoms with Crippen molar-refractivity contribution in [1.29, 1.82) is 0 Å². The summed E-state index contributed by atoms with van der Waals surface area (Å²) in [5.41, 5.74) is 5.80. The van der Waals surface area contributed by atoms with Gasteiger partial charge < -0.3 is 5.11 Å². The molecule has 0 heterocycles. The zero-order valence-corrected chi connectivity index (χ0v) is 11.6. The topological polar surface area (TPSA) is 20.2 Å². The van der Waals surface area contributed by atoms with Gasteiger partial charge in [0.25, 0.3) is 0 Å². The predicted molar refractivity (Wildman–Crippen MR) is 78.4 cm³/mol. The Kier molecular flexibility index (Phi) is 3.16. The third kappa shape index (κ3) is 2.43. The molecule has 1 nitrogen and oxygen atoms in total. The molecule has 0 aliphatic heterocycles. The molecule has 1 atom stereocenters. The smallest absolute Gasteiger partial charge is 0.105 e. The molecule has 2 aromatic carbocycles. The molecule has 1 unspecified atom stereocenters. The van der Waals surface area contributed by atoms with Crippen LogP contribution in [-0.2, 0) is 0 Å². The van der Waals surface area contributed by atoms with Gasteiger partial charge in [-0.2, -0.15) is 0 Å². The Balaban J connectivity index is 2.04. The summed E-state index contributed by atoms with van der Waals surface area (Å²) in [7, 11) is 0. The van der Waals surface area contributed by atoms with E-state index in [0.29, 0.717) is 5.92 Å². The van der Waals surface area contributed by atoms with Gasteiger partial charge in [-0.15, -0.1) is 0 Å². The molecule has 3 rings (SSSR count). The molecule has 0 radical (unpaired) electrons. The molecule has 0 aromatic heterocycles. The Labute approximate surface area is 114 Å². The van der Waals surface area contributed by atoms with Gasteiger partial charge in [0.1, 0.15) is 6.10 Å². The second-order valence-electron chi connectivity index (χ2n) is 5.67.